The van der Waals surface area contributed by atoms with E-state index in [2.05, 4.69) is 147 Å². The molecule has 0 amide bonds. The number of ether oxygens (including phenoxy) is 2. The van der Waals surface area contributed by atoms with Crippen molar-refractivity contribution in [3.63, 3.8) is 0 Å². The number of nitrogens with zero attached hydrogens (tertiary/aromatic N) is 2. The van der Waals surface area contributed by atoms with Crippen LogP contribution in [0.3, 0.4) is 0 Å². The molecular weight excluding hydrogens is 701 g/mol. The molecule has 2 aliphatic heterocycles. The lowest BCUT2D eigenvalue weighted by Gasteiger charge is -2.40. The van der Waals surface area contributed by atoms with Crippen LogP contribution in [0.1, 0.15) is 81.2 Å². The Balaban J connectivity index is 1.38. The molecular formula is C48H54N2O2S2. The van der Waals surface area contributed by atoms with Crippen LogP contribution in [0.2, 0.25) is 0 Å². The molecule has 0 aromatic heterocycles. The summed E-state index contributed by atoms with van der Waals surface area (Å²) in [6.45, 7) is 14.7. The van der Waals surface area contributed by atoms with E-state index in [4.69, 9.17) is 9.47 Å². The van der Waals surface area contributed by atoms with E-state index in [0.717, 1.165) is 82.0 Å². The maximum absolute atomic E-state index is 7.82. The summed E-state index contributed by atoms with van der Waals surface area (Å²) in [5.74, 6) is 0.994. The molecule has 4 nitrogen and oxygen atoms in total. The maximum Gasteiger partial charge on any atom is 0.178 e. The van der Waals surface area contributed by atoms with E-state index >= 15 is 0 Å². The maximum atomic E-state index is 7.82. The highest BCUT2D eigenvalue weighted by atomic mass is 32.2. The van der Waals surface area contributed by atoms with Crippen LogP contribution in [-0.2, 0) is 15.8 Å². The zero-order valence-corrected chi connectivity index (χ0v) is 34.5. The van der Waals surface area contributed by atoms with Gasteiger partial charge in [-0.2, -0.15) is 0 Å². The third-order valence-electron chi connectivity index (χ3n) is 12.3. The minimum atomic E-state index is -0.819. The highest BCUT2D eigenvalue weighted by Gasteiger charge is 2.47. The molecule has 1 unspecified atom stereocenters. The number of morpholine rings is 1. The van der Waals surface area contributed by atoms with Gasteiger partial charge in [0.1, 0.15) is 5.75 Å². The van der Waals surface area contributed by atoms with Crippen molar-refractivity contribution in [2.45, 2.75) is 74.2 Å². The fraction of sp³-hybridized carbons (Fsp3) is 0.375. The third kappa shape index (κ3) is 5.95. The topological polar surface area (TPSA) is 24.9 Å². The van der Waals surface area contributed by atoms with Crippen LogP contribution < -0.4 is 14.5 Å². The largest absolute Gasteiger partial charge is 0.472 e. The summed E-state index contributed by atoms with van der Waals surface area (Å²) in [6.07, 6.45) is 13.5. The molecule has 0 saturated carbocycles. The molecule has 280 valence electrons. The highest BCUT2D eigenvalue weighted by molar-refractivity contribution is 8.01. The Kier molecular flexibility index (Phi) is 10.6. The number of anilines is 2. The van der Waals surface area contributed by atoms with E-state index in [1.54, 1.807) is 0 Å². The summed E-state index contributed by atoms with van der Waals surface area (Å²) < 4.78 is 13.5. The predicted molar refractivity (Wildman–Crippen MR) is 233 cm³/mol. The standard InChI is InChI=1S/C48H54N2O2S2/c1-7-25-49(26-8-2)35-19-15-33(16-20-35)48(34-17-21-36(22-18-34)50-27-29-51-30-28-50)24-23-38-45-44(37-13-11-12-14-41(37)47(45,9-3)10-4)39-31-42(53-5)43(54-6)32-40(39)46(38)52-48/h11-24,31-32H,7-10,25-30H2,1-6H3. The quantitative estimate of drug-likeness (QED) is 0.118. The molecule has 0 radical (unpaired) electrons. The molecule has 1 aliphatic carbocycles. The molecule has 0 bridgehead atoms. The molecule has 1 fully saturated rings. The van der Waals surface area contributed by atoms with Crippen LogP contribution in [0, 0.1) is 0 Å². The van der Waals surface area contributed by atoms with Crippen molar-refractivity contribution in [3.05, 3.63) is 119 Å². The lowest BCUT2D eigenvalue weighted by atomic mass is 9.71. The fourth-order valence-electron chi connectivity index (χ4n) is 9.53. The van der Waals surface area contributed by atoms with Crippen LogP contribution in [0.15, 0.2) is 101 Å². The van der Waals surface area contributed by atoms with E-state index in [1.807, 2.05) is 23.5 Å². The molecule has 6 heteroatoms. The molecule has 0 N–H and O–H groups in total. The van der Waals surface area contributed by atoms with Crippen molar-refractivity contribution in [1.82, 2.24) is 0 Å². The van der Waals surface area contributed by atoms with Crippen molar-refractivity contribution in [3.8, 4) is 16.9 Å². The van der Waals surface area contributed by atoms with Crippen LogP contribution in [0.25, 0.3) is 28.0 Å². The first-order valence-corrected chi connectivity index (χ1v) is 22.4. The van der Waals surface area contributed by atoms with E-state index in [-0.39, 0.29) is 5.41 Å². The lowest BCUT2D eigenvalue weighted by molar-refractivity contribution is 0.122. The summed E-state index contributed by atoms with van der Waals surface area (Å²) in [7, 11) is 0. The van der Waals surface area contributed by atoms with Crippen LogP contribution >= 0.6 is 23.5 Å². The van der Waals surface area contributed by atoms with Crippen molar-refractivity contribution in [2.75, 3.05) is 61.7 Å². The highest BCUT2D eigenvalue weighted by Crippen LogP contribution is 2.61. The molecule has 54 heavy (non-hydrogen) atoms. The van der Waals surface area contributed by atoms with Crippen LogP contribution in [0.4, 0.5) is 11.4 Å². The van der Waals surface area contributed by atoms with Gasteiger partial charge in [0.15, 0.2) is 5.60 Å². The van der Waals surface area contributed by atoms with E-state index in [9.17, 15) is 0 Å². The second-order valence-electron chi connectivity index (χ2n) is 14.9. The van der Waals surface area contributed by atoms with Crippen molar-refractivity contribution < 1.29 is 9.47 Å². The Bertz CT molecular complexity index is 2160. The van der Waals surface area contributed by atoms with Crippen molar-refractivity contribution >= 4 is 51.7 Å². The molecule has 5 aromatic rings. The molecule has 3 aliphatic rings. The Hall–Kier alpha value is -3.84. The zero-order chi connectivity index (χ0) is 37.5. The van der Waals surface area contributed by atoms with Gasteiger partial charge in [-0.15, -0.1) is 23.5 Å². The van der Waals surface area contributed by atoms with Gasteiger partial charge >= 0.3 is 0 Å². The van der Waals surface area contributed by atoms with Crippen molar-refractivity contribution in [2.24, 2.45) is 0 Å². The Morgan fingerprint density at radius 3 is 1.96 bits per heavy atom. The second-order valence-corrected chi connectivity index (χ2v) is 16.6. The second kappa shape index (κ2) is 15.4. The van der Waals surface area contributed by atoms with E-state index in [0.29, 0.717) is 0 Å². The summed E-state index contributed by atoms with van der Waals surface area (Å²) in [5, 5.41) is 2.48. The van der Waals surface area contributed by atoms with Gasteiger partial charge in [0, 0.05) is 74.8 Å². The van der Waals surface area contributed by atoms with E-state index in [1.165, 1.54) is 59.8 Å². The Morgan fingerprint density at radius 2 is 1.35 bits per heavy atom. The average Bonchev–Trinajstić information content (AvgIpc) is 3.54. The summed E-state index contributed by atoms with van der Waals surface area (Å²) in [5.41, 5.74) is 10.7. The van der Waals surface area contributed by atoms with Gasteiger partial charge in [-0.1, -0.05) is 82.3 Å². The zero-order valence-electron chi connectivity index (χ0n) is 32.8. The molecule has 1 saturated heterocycles. The number of rotatable bonds is 12. The Labute approximate surface area is 331 Å². The van der Waals surface area contributed by atoms with Gasteiger partial charge in [-0.3, -0.25) is 0 Å². The number of thioether (sulfide) groups is 2. The smallest absolute Gasteiger partial charge is 0.178 e. The minimum absolute atomic E-state index is 0.0981. The lowest BCUT2D eigenvalue weighted by Crippen LogP contribution is -2.37. The molecule has 5 aromatic carbocycles. The number of hydrogen-bond acceptors (Lipinski definition) is 6. The summed E-state index contributed by atoms with van der Waals surface area (Å²) in [6, 6.07) is 32.4. The fourth-order valence-corrected chi connectivity index (χ4v) is 11.0. The first-order valence-electron chi connectivity index (χ1n) is 20.0. The SMILES string of the molecule is CCCN(CCC)c1ccc(C2(c3ccc(N4CCOCC4)cc3)C=Cc3c4c(c5cc(SC)c(SC)cc5c3O2)-c2ccccc2C4(CC)CC)cc1. The third-order valence-corrected chi connectivity index (χ3v) is 14.0. The van der Waals surface area contributed by atoms with Gasteiger partial charge in [0.05, 0.1) is 13.2 Å². The van der Waals surface area contributed by atoms with Gasteiger partial charge in [-0.05, 0) is 108 Å². The van der Waals surface area contributed by atoms with Gasteiger partial charge in [-0.25, -0.2) is 0 Å². The molecule has 0 spiro atoms. The Morgan fingerprint density at radius 1 is 0.741 bits per heavy atom. The van der Waals surface area contributed by atoms with Crippen molar-refractivity contribution in [1.29, 1.82) is 0 Å². The molecule has 1 atom stereocenters. The van der Waals surface area contributed by atoms with Crippen LogP contribution in [0.5, 0.6) is 5.75 Å². The van der Waals surface area contributed by atoms with E-state index < -0.39 is 5.60 Å². The monoisotopic (exact) mass is 754 g/mol. The molecule has 8 rings (SSSR count). The first kappa shape index (κ1) is 37.1. The summed E-state index contributed by atoms with van der Waals surface area (Å²) >= 11 is 3.66. The van der Waals surface area contributed by atoms with Crippen LogP contribution in [-0.4, -0.2) is 51.9 Å². The first-order chi connectivity index (χ1) is 26.5. The predicted octanol–water partition coefficient (Wildman–Crippen LogP) is 12.2. The van der Waals surface area contributed by atoms with Gasteiger partial charge < -0.3 is 19.3 Å². The number of benzene rings is 5. The minimum Gasteiger partial charge on any atom is -0.472 e. The summed E-state index contributed by atoms with van der Waals surface area (Å²) in [4.78, 5) is 7.54. The normalized spacial score (nSPS) is 18.3. The van der Waals surface area contributed by atoms with Gasteiger partial charge in [0.2, 0.25) is 0 Å². The number of hydrogen-bond donors (Lipinski definition) is 0. The molecule has 2 heterocycles. The average molecular weight is 755 g/mol. The van der Waals surface area contributed by atoms with Gasteiger partial charge in [0.25, 0.3) is 0 Å². The number of fused-ring (bicyclic) bond motifs is 8.